The predicted molar refractivity (Wildman–Crippen MR) is 114 cm³/mol. The average Bonchev–Trinajstić information content (AvgIpc) is 2.68. The molecule has 0 aliphatic rings. The Morgan fingerprint density at radius 2 is 1.68 bits per heavy atom. The molecule has 0 saturated heterocycles. The maximum absolute atomic E-state index is 12.6. The summed E-state index contributed by atoms with van der Waals surface area (Å²) in [6, 6.07) is 2.84. The Kier molecular flexibility index (Phi) is 10.2. The van der Waals surface area contributed by atoms with Crippen LogP contribution in [0.5, 0.6) is 5.75 Å². The zero-order chi connectivity index (χ0) is 23.6. The number of carbonyl (C=O) groups excluding carboxylic acids is 3. The highest BCUT2D eigenvalue weighted by molar-refractivity contribution is 5.92. The third kappa shape index (κ3) is 9.31. The third-order valence-corrected chi connectivity index (χ3v) is 4.39. The molecule has 1 aromatic rings. The van der Waals surface area contributed by atoms with Crippen molar-refractivity contribution in [1.82, 2.24) is 10.6 Å². The van der Waals surface area contributed by atoms with Crippen molar-refractivity contribution in [3.05, 3.63) is 29.8 Å². The first-order valence-electron chi connectivity index (χ1n) is 9.68. The summed E-state index contributed by atoms with van der Waals surface area (Å²) in [6.07, 6.45) is -0.562. The molecule has 4 atom stereocenters. The lowest BCUT2D eigenvalue weighted by Gasteiger charge is -2.24. The summed E-state index contributed by atoms with van der Waals surface area (Å²) in [5.74, 6) is -2.24. The number of carbonyl (C=O) groups is 3. The van der Waals surface area contributed by atoms with Crippen molar-refractivity contribution in [1.29, 1.82) is 0 Å². The highest BCUT2D eigenvalue weighted by Gasteiger charge is 2.29. The number of phenols is 1. The Hall–Kier alpha value is -3.38. The van der Waals surface area contributed by atoms with Gasteiger partial charge in [-0.3, -0.25) is 19.4 Å². The van der Waals surface area contributed by atoms with Gasteiger partial charge in [-0.15, -0.1) is 0 Å². The molecule has 0 saturated carbocycles. The quantitative estimate of drug-likeness (QED) is 0.0960. The molecule has 1 rings (SSSR count). The lowest BCUT2D eigenvalue weighted by Crippen LogP contribution is -2.57. The number of nitrogens with zero attached hydrogens (tertiary/aromatic N) is 1. The number of nitrogens with one attached hydrogen (secondary N) is 2. The van der Waals surface area contributed by atoms with E-state index in [1.807, 2.05) is 0 Å². The summed E-state index contributed by atoms with van der Waals surface area (Å²) in [4.78, 5) is 40.5. The molecule has 12 N–H and O–H groups in total. The van der Waals surface area contributed by atoms with Crippen molar-refractivity contribution >= 4 is 23.7 Å². The first-order valence-corrected chi connectivity index (χ1v) is 9.68. The number of aliphatic imine (C=N–C) groups is 1. The number of nitrogens with two attached hydrogens (primary N) is 4. The minimum absolute atomic E-state index is 0.0846. The molecule has 0 spiro atoms. The fraction of sp³-hybridized carbons (Fsp3) is 0.474. The van der Waals surface area contributed by atoms with Gasteiger partial charge in [-0.1, -0.05) is 12.1 Å². The molecule has 3 amide bonds. The first kappa shape index (κ1) is 25.7. The minimum Gasteiger partial charge on any atom is -0.508 e. The second-order valence-electron chi connectivity index (χ2n) is 7.12. The second kappa shape index (κ2) is 12.3. The van der Waals surface area contributed by atoms with E-state index in [1.54, 1.807) is 12.1 Å². The van der Waals surface area contributed by atoms with Crippen LogP contribution in [0.2, 0.25) is 0 Å². The van der Waals surface area contributed by atoms with Gasteiger partial charge in [0.2, 0.25) is 17.7 Å². The molecule has 172 valence electrons. The van der Waals surface area contributed by atoms with Gasteiger partial charge in [0.15, 0.2) is 5.96 Å². The van der Waals surface area contributed by atoms with Crippen LogP contribution in [0, 0.1) is 0 Å². The zero-order valence-corrected chi connectivity index (χ0v) is 17.3. The van der Waals surface area contributed by atoms with Crippen LogP contribution < -0.4 is 33.6 Å². The summed E-state index contributed by atoms with van der Waals surface area (Å²) >= 11 is 0. The van der Waals surface area contributed by atoms with Crippen molar-refractivity contribution < 1.29 is 24.6 Å². The number of guanidine groups is 1. The minimum atomic E-state index is -1.32. The number of aliphatic hydroxyl groups is 1. The van der Waals surface area contributed by atoms with E-state index < -0.39 is 42.0 Å². The number of phenolic OH excluding ortho intramolecular Hbond substituents is 1. The van der Waals surface area contributed by atoms with Crippen LogP contribution in [-0.4, -0.2) is 64.7 Å². The normalized spacial score (nSPS) is 14.5. The van der Waals surface area contributed by atoms with Crippen molar-refractivity contribution in [2.24, 2.45) is 27.9 Å². The number of hydrogen-bond acceptors (Lipinski definition) is 7. The molecule has 0 aromatic heterocycles. The van der Waals surface area contributed by atoms with Crippen molar-refractivity contribution in [2.45, 2.75) is 50.4 Å². The monoisotopic (exact) mass is 437 g/mol. The Morgan fingerprint density at radius 3 is 2.19 bits per heavy atom. The van der Waals surface area contributed by atoms with Gasteiger partial charge in [0.25, 0.3) is 0 Å². The lowest BCUT2D eigenvalue weighted by atomic mass is 10.0. The van der Waals surface area contributed by atoms with Crippen molar-refractivity contribution in [3.63, 3.8) is 0 Å². The van der Waals surface area contributed by atoms with Crippen LogP contribution in [0.15, 0.2) is 29.3 Å². The number of benzene rings is 1. The molecule has 31 heavy (non-hydrogen) atoms. The van der Waals surface area contributed by atoms with E-state index in [0.717, 1.165) is 5.56 Å². The maximum atomic E-state index is 12.6. The van der Waals surface area contributed by atoms with Gasteiger partial charge in [0, 0.05) is 6.54 Å². The van der Waals surface area contributed by atoms with E-state index in [-0.39, 0.29) is 31.1 Å². The van der Waals surface area contributed by atoms with Gasteiger partial charge in [-0.25, -0.2) is 0 Å². The molecule has 0 bridgehead atoms. The SMILES string of the molecule is CC(O)C(NC(=O)C(CCCN=C(N)N)NC(=O)C(N)Cc1ccc(O)cc1)C(N)=O. The molecule has 12 heteroatoms. The van der Waals surface area contributed by atoms with E-state index in [2.05, 4.69) is 15.6 Å². The maximum Gasteiger partial charge on any atom is 0.243 e. The molecule has 0 aliphatic carbocycles. The predicted octanol–water partition coefficient (Wildman–Crippen LogP) is -2.85. The molecule has 0 radical (unpaired) electrons. The van der Waals surface area contributed by atoms with Gasteiger partial charge in [-0.05, 0) is 43.9 Å². The number of primary amides is 1. The number of rotatable bonds is 12. The summed E-state index contributed by atoms with van der Waals surface area (Å²) in [7, 11) is 0. The van der Waals surface area contributed by atoms with E-state index in [0.29, 0.717) is 6.42 Å². The van der Waals surface area contributed by atoms with Gasteiger partial charge in [-0.2, -0.15) is 0 Å². The first-order chi connectivity index (χ1) is 14.5. The second-order valence-corrected chi connectivity index (χ2v) is 7.12. The largest absolute Gasteiger partial charge is 0.508 e. The molecule has 0 aliphatic heterocycles. The molecular weight excluding hydrogens is 406 g/mol. The summed E-state index contributed by atoms with van der Waals surface area (Å²) in [5.41, 5.74) is 22.4. The number of amides is 3. The van der Waals surface area contributed by atoms with Crippen LogP contribution in [0.4, 0.5) is 0 Å². The fourth-order valence-corrected chi connectivity index (χ4v) is 2.71. The summed E-state index contributed by atoms with van der Waals surface area (Å²) < 4.78 is 0. The van der Waals surface area contributed by atoms with Crippen LogP contribution in [0.25, 0.3) is 0 Å². The molecule has 0 heterocycles. The van der Waals surface area contributed by atoms with E-state index in [4.69, 9.17) is 22.9 Å². The molecule has 0 fully saturated rings. The standard InChI is InChI=1S/C19H31N7O5/c1-10(27)15(16(21)29)26-18(31)14(3-2-8-24-19(22)23)25-17(30)13(20)9-11-4-6-12(28)7-5-11/h4-7,10,13-15,27-28H,2-3,8-9,20H2,1H3,(H2,21,29)(H,25,30)(H,26,31)(H4,22,23,24). The van der Waals surface area contributed by atoms with Gasteiger partial charge < -0.3 is 43.8 Å². The van der Waals surface area contributed by atoms with Crippen molar-refractivity contribution in [3.8, 4) is 5.75 Å². The highest BCUT2D eigenvalue weighted by Crippen LogP contribution is 2.11. The Bertz CT molecular complexity index is 778. The Labute approximate surface area is 180 Å². The highest BCUT2D eigenvalue weighted by atomic mass is 16.3. The molecule has 4 unspecified atom stereocenters. The van der Waals surface area contributed by atoms with Gasteiger partial charge in [0.05, 0.1) is 12.1 Å². The van der Waals surface area contributed by atoms with Crippen LogP contribution in [0.3, 0.4) is 0 Å². The number of hydrogen-bond donors (Lipinski definition) is 8. The van der Waals surface area contributed by atoms with E-state index in [9.17, 15) is 24.6 Å². The van der Waals surface area contributed by atoms with Gasteiger partial charge >= 0.3 is 0 Å². The fourth-order valence-electron chi connectivity index (χ4n) is 2.71. The number of aliphatic hydroxyl groups excluding tert-OH is 1. The van der Waals surface area contributed by atoms with Crippen LogP contribution >= 0.6 is 0 Å². The average molecular weight is 438 g/mol. The smallest absolute Gasteiger partial charge is 0.243 e. The summed E-state index contributed by atoms with van der Waals surface area (Å²) in [6.45, 7) is 1.52. The lowest BCUT2D eigenvalue weighted by molar-refractivity contribution is -0.133. The summed E-state index contributed by atoms with van der Waals surface area (Å²) in [5, 5.41) is 23.9. The van der Waals surface area contributed by atoms with Crippen LogP contribution in [-0.2, 0) is 20.8 Å². The Morgan fingerprint density at radius 1 is 1.06 bits per heavy atom. The Balaban J connectivity index is 2.84. The molecule has 1 aromatic carbocycles. The van der Waals surface area contributed by atoms with Crippen LogP contribution in [0.1, 0.15) is 25.3 Å². The third-order valence-electron chi connectivity index (χ3n) is 4.39. The topological polar surface area (TPSA) is 232 Å². The molecule has 12 nitrogen and oxygen atoms in total. The number of aromatic hydroxyl groups is 1. The zero-order valence-electron chi connectivity index (χ0n) is 17.3. The van der Waals surface area contributed by atoms with E-state index in [1.165, 1.54) is 19.1 Å². The van der Waals surface area contributed by atoms with E-state index >= 15 is 0 Å². The van der Waals surface area contributed by atoms with Gasteiger partial charge in [0.1, 0.15) is 17.8 Å². The van der Waals surface area contributed by atoms with Crippen molar-refractivity contribution in [2.75, 3.05) is 6.54 Å². The molecular formula is C19H31N7O5.